The molecular weight excluding hydrogens is 212 g/mol. The van der Waals surface area contributed by atoms with E-state index in [-0.39, 0.29) is 12.0 Å². The van der Waals surface area contributed by atoms with Gasteiger partial charge in [-0.3, -0.25) is 4.79 Å². The van der Waals surface area contributed by atoms with Crippen molar-refractivity contribution in [3.8, 4) is 0 Å². The zero-order valence-electron chi connectivity index (χ0n) is 11.2. The lowest BCUT2D eigenvalue weighted by atomic mass is 9.56. The third-order valence-corrected chi connectivity index (χ3v) is 5.08. The first-order chi connectivity index (χ1) is 7.96. The van der Waals surface area contributed by atoms with Crippen molar-refractivity contribution < 1.29 is 9.90 Å². The summed E-state index contributed by atoms with van der Waals surface area (Å²) >= 11 is 0. The van der Waals surface area contributed by atoms with Gasteiger partial charge >= 0.3 is 0 Å². The van der Waals surface area contributed by atoms with Crippen molar-refractivity contribution in [2.24, 2.45) is 23.2 Å². The van der Waals surface area contributed by atoms with E-state index in [0.29, 0.717) is 23.5 Å². The van der Waals surface area contributed by atoms with Gasteiger partial charge in [0.05, 0.1) is 0 Å². The van der Waals surface area contributed by atoms with Crippen molar-refractivity contribution in [1.29, 1.82) is 0 Å². The van der Waals surface area contributed by atoms with Crippen LogP contribution in [0.25, 0.3) is 0 Å². The van der Waals surface area contributed by atoms with Crippen LogP contribution in [0.2, 0.25) is 0 Å². The number of aliphatic hydroxyl groups excluding tert-OH is 1. The molecule has 2 heteroatoms. The molecule has 17 heavy (non-hydrogen) atoms. The maximum atomic E-state index is 11.7. The fourth-order valence-electron chi connectivity index (χ4n) is 3.81. The third kappa shape index (κ3) is 2.33. The molecule has 0 aromatic rings. The van der Waals surface area contributed by atoms with Crippen molar-refractivity contribution in [3.05, 3.63) is 11.6 Å². The van der Waals surface area contributed by atoms with Crippen LogP contribution in [0.15, 0.2) is 11.6 Å². The van der Waals surface area contributed by atoms with Crippen LogP contribution >= 0.6 is 0 Å². The highest BCUT2D eigenvalue weighted by Gasteiger charge is 2.44. The molecule has 0 heterocycles. The fourth-order valence-corrected chi connectivity index (χ4v) is 3.81. The average molecular weight is 236 g/mol. The maximum Gasteiger partial charge on any atom is 0.156 e. The lowest BCUT2D eigenvalue weighted by molar-refractivity contribution is -0.119. The predicted molar refractivity (Wildman–Crippen MR) is 68.6 cm³/mol. The molecule has 2 aliphatic rings. The Morgan fingerprint density at radius 1 is 1.59 bits per heavy atom. The Morgan fingerprint density at radius 2 is 2.29 bits per heavy atom. The summed E-state index contributed by atoms with van der Waals surface area (Å²) in [5.74, 6) is 1.86. The molecule has 1 fully saturated rings. The van der Waals surface area contributed by atoms with Crippen molar-refractivity contribution >= 4 is 5.78 Å². The largest absolute Gasteiger partial charge is 0.396 e. The van der Waals surface area contributed by atoms with Gasteiger partial charge < -0.3 is 5.11 Å². The van der Waals surface area contributed by atoms with Gasteiger partial charge in [-0.25, -0.2) is 0 Å². The van der Waals surface area contributed by atoms with Crippen LogP contribution in [0.1, 0.15) is 46.5 Å². The lowest BCUT2D eigenvalue weighted by Gasteiger charge is -2.48. The number of ketones is 1. The first-order valence-electron chi connectivity index (χ1n) is 6.78. The SMILES string of the molecule is CC1=CC(=O)C[C@@]2(C)CC[C@@H](C(C)CO)C[C@H]12. The standard InChI is InChI=1S/C15H24O2/c1-10-6-13(17)8-15(3)5-4-12(7-14(10)15)11(2)9-16/h6,11-12,14,16H,4-5,7-9H2,1-3H3/t11?,12-,14-,15-/m1/s1. The molecule has 0 aliphatic heterocycles. The molecular formula is C15H24O2. The van der Waals surface area contributed by atoms with Crippen LogP contribution in [-0.2, 0) is 4.79 Å². The summed E-state index contributed by atoms with van der Waals surface area (Å²) < 4.78 is 0. The van der Waals surface area contributed by atoms with Gasteiger partial charge in [-0.15, -0.1) is 0 Å². The van der Waals surface area contributed by atoms with Gasteiger partial charge in [-0.05, 0) is 55.4 Å². The summed E-state index contributed by atoms with van der Waals surface area (Å²) in [6.07, 6.45) is 6.00. The molecule has 1 saturated carbocycles. The molecule has 96 valence electrons. The number of hydrogen-bond acceptors (Lipinski definition) is 2. The molecule has 0 spiro atoms. The molecule has 2 rings (SSSR count). The van der Waals surface area contributed by atoms with Crippen molar-refractivity contribution in [2.45, 2.75) is 46.5 Å². The van der Waals surface area contributed by atoms with E-state index >= 15 is 0 Å². The van der Waals surface area contributed by atoms with Crippen LogP contribution in [0.5, 0.6) is 0 Å². The third-order valence-electron chi connectivity index (χ3n) is 5.08. The summed E-state index contributed by atoms with van der Waals surface area (Å²) in [4.78, 5) is 11.7. The highest BCUT2D eigenvalue weighted by molar-refractivity contribution is 5.92. The monoisotopic (exact) mass is 236 g/mol. The molecule has 0 saturated heterocycles. The van der Waals surface area contributed by atoms with Gasteiger partial charge in [0.1, 0.15) is 0 Å². The highest BCUT2D eigenvalue weighted by atomic mass is 16.3. The second-order valence-corrected chi connectivity index (χ2v) is 6.43. The van der Waals surface area contributed by atoms with Gasteiger partial charge in [0.15, 0.2) is 5.78 Å². The Balaban J connectivity index is 2.18. The topological polar surface area (TPSA) is 37.3 Å². The van der Waals surface area contributed by atoms with E-state index in [1.165, 1.54) is 5.57 Å². The van der Waals surface area contributed by atoms with E-state index in [4.69, 9.17) is 0 Å². The van der Waals surface area contributed by atoms with Gasteiger partial charge in [-0.1, -0.05) is 19.4 Å². The minimum atomic E-state index is 0.182. The first kappa shape index (κ1) is 12.8. The van der Waals surface area contributed by atoms with E-state index in [0.717, 1.165) is 25.7 Å². The number of carbonyl (C=O) groups excluding carboxylic acids is 1. The van der Waals surface area contributed by atoms with E-state index in [2.05, 4.69) is 20.8 Å². The zero-order chi connectivity index (χ0) is 12.6. The molecule has 0 radical (unpaired) electrons. The zero-order valence-corrected chi connectivity index (χ0v) is 11.2. The number of allylic oxidation sites excluding steroid dienone is 2. The van der Waals surface area contributed by atoms with E-state index < -0.39 is 0 Å². The van der Waals surface area contributed by atoms with Crippen molar-refractivity contribution in [1.82, 2.24) is 0 Å². The quantitative estimate of drug-likeness (QED) is 0.800. The minimum absolute atomic E-state index is 0.182. The summed E-state index contributed by atoms with van der Waals surface area (Å²) in [6.45, 7) is 6.80. The second kappa shape index (κ2) is 4.56. The van der Waals surface area contributed by atoms with Crippen LogP contribution in [0.4, 0.5) is 0 Å². The predicted octanol–water partition coefficient (Wildman–Crippen LogP) is 2.96. The summed E-state index contributed by atoms with van der Waals surface area (Å²) in [5.41, 5.74) is 1.44. The van der Waals surface area contributed by atoms with Gasteiger partial charge in [0, 0.05) is 13.0 Å². The van der Waals surface area contributed by atoms with E-state index in [1.807, 2.05) is 6.08 Å². The molecule has 1 N–H and O–H groups in total. The van der Waals surface area contributed by atoms with Gasteiger partial charge in [0.2, 0.25) is 0 Å². The highest BCUT2D eigenvalue weighted by Crippen LogP contribution is 2.52. The summed E-state index contributed by atoms with van der Waals surface area (Å²) in [5, 5.41) is 9.29. The van der Waals surface area contributed by atoms with Gasteiger partial charge in [0.25, 0.3) is 0 Å². The molecule has 4 atom stereocenters. The number of aliphatic hydroxyl groups is 1. The van der Waals surface area contributed by atoms with Crippen molar-refractivity contribution in [3.63, 3.8) is 0 Å². The maximum absolute atomic E-state index is 11.7. The minimum Gasteiger partial charge on any atom is -0.396 e. The molecule has 0 amide bonds. The average Bonchev–Trinajstić information content (AvgIpc) is 2.26. The van der Waals surface area contributed by atoms with Crippen LogP contribution in [0.3, 0.4) is 0 Å². The Labute approximate surface area is 104 Å². The molecule has 0 bridgehead atoms. The van der Waals surface area contributed by atoms with Crippen LogP contribution in [0, 0.1) is 23.2 Å². The number of rotatable bonds is 2. The van der Waals surface area contributed by atoms with E-state index in [9.17, 15) is 9.90 Å². The van der Waals surface area contributed by atoms with Crippen LogP contribution < -0.4 is 0 Å². The summed E-state index contributed by atoms with van der Waals surface area (Å²) in [7, 11) is 0. The lowest BCUT2D eigenvalue weighted by Crippen LogP contribution is -2.41. The Morgan fingerprint density at radius 3 is 2.94 bits per heavy atom. The van der Waals surface area contributed by atoms with Gasteiger partial charge in [-0.2, -0.15) is 0 Å². The second-order valence-electron chi connectivity index (χ2n) is 6.43. The van der Waals surface area contributed by atoms with Crippen LogP contribution in [-0.4, -0.2) is 17.5 Å². The number of carbonyl (C=O) groups is 1. The van der Waals surface area contributed by atoms with Crippen molar-refractivity contribution in [2.75, 3.05) is 6.61 Å². The Bertz CT molecular complexity index is 345. The summed E-state index contributed by atoms with van der Waals surface area (Å²) in [6, 6.07) is 0. The smallest absolute Gasteiger partial charge is 0.156 e. The molecule has 1 unspecified atom stereocenters. The molecule has 2 nitrogen and oxygen atoms in total. The van der Waals surface area contributed by atoms with E-state index in [1.54, 1.807) is 0 Å². The molecule has 0 aromatic carbocycles. The fraction of sp³-hybridized carbons (Fsp3) is 0.800. The Hall–Kier alpha value is -0.630. The molecule has 0 aromatic heterocycles. The Kier molecular flexibility index (Phi) is 3.44. The number of hydrogen-bond donors (Lipinski definition) is 1. The first-order valence-corrected chi connectivity index (χ1v) is 6.78. The number of fused-ring (bicyclic) bond motifs is 1. The normalized spacial score (nSPS) is 39.5. The molecule has 2 aliphatic carbocycles.